The Kier molecular flexibility index (Phi) is 5.39. The van der Waals surface area contributed by atoms with Crippen LogP contribution in [0.1, 0.15) is 31.2 Å². The second-order valence-electron chi connectivity index (χ2n) is 5.79. The summed E-state index contributed by atoms with van der Waals surface area (Å²) in [5.74, 6) is -0.141. The van der Waals surface area contributed by atoms with Gasteiger partial charge in [0, 0.05) is 25.9 Å². The number of carbonyl (C=O) groups is 1. The molecule has 0 aliphatic heterocycles. The number of rotatable bonds is 4. The van der Waals surface area contributed by atoms with Crippen LogP contribution < -0.4 is 10.2 Å². The van der Waals surface area contributed by atoms with E-state index in [1.807, 2.05) is 43.3 Å². The number of benzene rings is 1. The van der Waals surface area contributed by atoms with Crippen molar-refractivity contribution in [2.45, 2.75) is 37.8 Å². The predicted octanol–water partition coefficient (Wildman–Crippen LogP) is 2.19. The summed E-state index contributed by atoms with van der Waals surface area (Å²) in [6.07, 6.45) is 6.67. The molecule has 4 nitrogen and oxygen atoms in total. The molecule has 21 heavy (non-hydrogen) atoms. The van der Waals surface area contributed by atoms with Crippen LogP contribution in [-0.4, -0.2) is 37.3 Å². The number of hydrogen-bond donors (Lipinski definition) is 2. The molecule has 0 heterocycles. The maximum atomic E-state index is 11.9. The Morgan fingerprint density at radius 3 is 2.52 bits per heavy atom. The Morgan fingerprint density at radius 2 is 1.90 bits per heavy atom. The molecule has 2 atom stereocenters. The quantitative estimate of drug-likeness (QED) is 0.835. The average molecular weight is 288 g/mol. The van der Waals surface area contributed by atoms with E-state index in [2.05, 4.69) is 5.32 Å². The third-order valence-electron chi connectivity index (χ3n) is 3.89. The molecule has 114 valence electrons. The van der Waals surface area contributed by atoms with E-state index in [9.17, 15) is 9.90 Å². The van der Waals surface area contributed by atoms with Crippen LogP contribution in [-0.2, 0) is 4.79 Å². The number of anilines is 1. The Morgan fingerprint density at radius 1 is 1.24 bits per heavy atom. The maximum Gasteiger partial charge on any atom is 0.244 e. The van der Waals surface area contributed by atoms with Gasteiger partial charge in [-0.3, -0.25) is 4.79 Å². The van der Waals surface area contributed by atoms with Gasteiger partial charge in [-0.2, -0.15) is 0 Å². The lowest BCUT2D eigenvalue weighted by Gasteiger charge is -2.27. The molecule has 1 aliphatic carbocycles. The van der Waals surface area contributed by atoms with Gasteiger partial charge in [0.15, 0.2) is 0 Å². The van der Waals surface area contributed by atoms with Crippen molar-refractivity contribution in [1.82, 2.24) is 5.32 Å². The first kappa shape index (κ1) is 15.6. The minimum absolute atomic E-state index is 0.105. The fourth-order valence-corrected chi connectivity index (χ4v) is 2.57. The van der Waals surface area contributed by atoms with Gasteiger partial charge >= 0.3 is 0 Å². The highest BCUT2D eigenvalue weighted by Gasteiger charge is 2.23. The minimum Gasteiger partial charge on any atom is -0.391 e. The van der Waals surface area contributed by atoms with Crippen molar-refractivity contribution in [3.8, 4) is 0 Å². The van der Waals surface area contributed by atoms with Crippen molar-refractivity contribution in [2.24, 2.45) is 0 Å². The van der Waals surface area contributed by atoms with E-state index < -0.39 is 6.10 Å². The van der Waals surface area contributed by atoms with Gasteiger partial charge in [-0.1, -0.05) is 25.0 Å². The van der Waals surface area contributed by atoms with E-state index in [0.717, 1.165) is 36.9 Å². The molecule has 0 unspecified atom stereocenters. The van der Waals surface area contributed by atoms with Crippen LogP contribution >= 0.6 is 0 Å². The minimum atomic E-state index is -0.407. The van der Waals surface area contributed by atoms with Crippen LogP contribution in [0.4, 0.5) is 5.69 Å². The average Bonchev–Trinajstić information content (AvgIpc) is 2.48. The van der Waals surface area contributed by atoms with Crippen molar-refractivity contribution >= 4 is 17.7 Å². The van der Waals surface area contributed by atoms with Crippen molar-refractivity contribution in [1.29, 1.82) is 0 Å². The molecule has 0 bridgehead atoms. The van der Waals surface area contributed by atoms with E-state index in [4.69, 9.17) is 0 Å². The van der Waals surface area contributed by atoms with Crippen LogP contribution in [0.5, 0.6) is 0 Å². The van der Waals surface area contributed by atoms with Gasteiger partial charge in [0.2, 0.25) is 5.91 Å². The molecular weight excluding hydrogens is 264 g/mol. The number of nitrogens with zero attached hydrogens (tertiary/aromatic N) is 1. The van der Waals surface area contributed by atoms with Gasteiger partial charge in [-0.05, 0) is 36.6 Å². The molecule has 1 fully saturated rings. The van der Waals surface area contributed by atoms with Crippen molar-refractivity contribution in [3.05, 3.63) is 35.9 Å². The van der Waals surface area contributed by atoms with E-state index in [0.29, 0.717) is 0 Å². The summed E-state index contributed by atoms with van der Waals surface area (Å²) >= 11 is 0. The smallest absolute Gasteiger partial charge is 0.244 e. The molecule has 1 amide bonds. The lowest BCUT2D eigenvalue weighted by atomic mass is 9.92. The van der Waals surface area contributed by atoms with E-state index in [-0.39, 0.29) is 11.9 Å². The Labute approximate surface area is 126 Å². The summed E-state index contributed by atoms with van der Waals surface area (Å²) in [5.41, 5.74) is 2.11. The third kappa shape index (κ3) is 4.60. The zero-order chi connectivity index (χ0) is 15.2. The van der Waals surface area contributed by atoms with Gasteiger partial charge in [-0.15, -0.1) is 0 Å². The lowest BCUT2D eigenvalue weighted by molar-refractivity contribution is -0.118. The van der Waals surface area contributed by atoms with E-state index in [1.54, 1.807) is 6.08 Å². The van der Waals surface area contributed by atoms with Gasteiger partial charge in [0.25, 0.3) is 0 Å². The van der Waals surface area contributed by atoms with Gasteiger partial charge < -0.3 is 15.3 Å². The SMILES string of the molecule is CN(C)c1ccc(/C=C/C(=O)N[C@H]2CCCC[C@@H]2O)cc1. The number of nitrogens with one attached hydrogen (secondary N) is 1. The highest BCUT2D eigenvalue weighted by molar-refractivity contribution is 5.92. The molecule has 1 aliphatic rings. The van der Waals surface area contributed by atoms with Gasteiger partial charge in [0.05, 0.1) is 12.1 Å². The van der Waals surface area contributed by atoms with Crippen LogP contribution in [0, 0.1) is 0 Å². The molecule has 4 heteroatoms. The molecule has 1 aromatic rings. The van der Waals surface area contributed by atoms with E-state index in [1.165, 1.54) is 6.08 Å². The molecule has 0 saturated heterocycles. The first-order chi connectivity index (χ1) is 10.1. The van der Waals surface area contributed by atoms with E-state index >= 15 is 0 Å². The molecule has 0 spiro atoms. The molecule has 2 rings (SSSR count). The number of aliphatic hydroxyl groups excluding tert-OH is 1. The lowest BCUT2D eigenvalue weighted by Crippen LogP contribution is -2.44. The van der Waals surface area contributed by atoms with Gasteiger partial charge in [0.1, 0.15) is 0 Å². The van der Waals surface area contributed by atoms with Crippen molar-refractivity contribution < 1.29 is 9.90 Å². The zero-order valence-electron chi connectivity index (χ0n) is 12.7. The first-order valence-corrected chi connectivity index (χ1v) is 7.50. The summed E-state index contributed by atoms with van der Waals surface area (Å²) < 4.78 is 0. The summed E-state index contributed by atoms with van der Waals surface area (Å²) in [5, 5.41) is 12.7. The molecule has 2 N–H and O–H groups in total. The summed E-state index contributed by atoms with van der Waals surface area (Å²) in [7, 11) is 3.99. The number of aliphatic hydroxyl groups is 1. The normalized spacial score (nSPS) is 22.2. The molecule has 1 aromatic carbocycles. The van der Waals surface area contributed by atoms with Crippen LogP contribution in [0.3, 0.4) is 0 Å². The number of hydrogen-bond acceptors (Lipinski definition) is 3. The Hall–Kier alpha value is -1.81. The molecular formula is C17H24N2O2. The zero-order valence-corrected chi connectivity index (χ0v) is 12.7. The molecule has 1 saturated carbocycles. The fourth-order valence-electron chi connectivity index (χ4n) is 2.57. The topological polar surface area (TPSA) is 52.6 Å². The predicted molar refractivity (Wildman–Crippen MR) is 86.2 cm³/mol. The Bertz CT molecular complexity index is 494. The Balaban J connectivity index is 1.89. The third-order valence-corrected chi connectivity index (χ3v) is 3.89. The second-order valence-corrected chi connectivity index (χ2v) is 5.79. The largest absolute Gasteiger partial charge is 0.391 e. The monoisotopic (exact) mass is 288 g/mol. The maximum absolute atomic E-state index is 11.9. The van der Waals surface area contributed by atoms with Crippen LogP contribution in [0.15, 0.2) is 30.3 Å². The molecule has 0 radical (unpaired) electrons. The second kappa shape index (κ2) is 7.27. The van der Waals surface area contributed by atoms with Gasteiger partial charge in [-0.25, -0.2) is 0 Å². The summed E-state index contributed by atoms with van der Waals surface area (Å²) in [6, 6.07) is 7.89. The van der Waals surface area contributed by atoms with Crippen LogP contribution in [0.25, 0.3) is 6.08 Å². The first-order valence-electron chi connectivity index (χ1n) is 7.50. The highest BCUT2D eigenvalue weighted by atomic mass is 16.3. The summed E-state index contributed by atoms with van der Waals surface area (Å²) in [4.78, 5) is 13.9. The number of carbonyl (C=O) groups excluding carboxylic acids is 1. The van der Waals surface area contributed by atoms with Crippen molar-refractivity contribution in [3.63, 3.8) is 0 Å². The fraction of sp³-hybridized carbons (Fsp3) is 0.471. The molecule has 0 aromatic heterocycles. The van der Waals surface area contributed by atoms with Crippen LogP contribution in [0.2, 0.25) is 0 Å². The standard InChI is InChI=1S/C17H24N2O2/c1-19(2)14-10-7-13(8-11-14)9-12-17(21)18-15-5-3-4-6-16(15)20/h7-12,15-16,20H,3-6H2,1-2H3,(H,18,21)/b12-9+/t15-,16-/m0/s1. The highest BCUT2D eigenvalue weighted by Crippen LogP contribution is 2.18. The van der Waals surface area contributed by atoms with Crippen molar-refractivity contribution in [2.75, 3.05) is 19.0 Å². The summed E-state index contributed by atoms with van der Waals surface area (Å²) in [6.45, 7) is 0. The number of amides is 1.